The summed E-state index contributed by atoms with van der Waals surface area (Å²) in [5.74, 6) is -0.655. The van der Waals surface area contributed by atoms with Gasteiger partial charge in [-0.3, -0.25) is 9.69 Å². The number of Topliss-reactive ketones (excluding diaryl/α,β-unsaturated/α-hetero) is 1. The monoisotopic (exact) mass is 410 g/mol. The van der Waals surface area contributed by atoms with Crippen molar-refractivity contribution in [2.24, 2.45) is 0 Å². The van der Waals surface area contributed by atoms with Gasteiger partial charge in [0.15, 0.2) is 5.78 Å². The number of phenols is 1. The number of fused-ring (bicyclic) bond motifs is 1. The van der Waals surface area contributed by atoms with E-state index in [1.165, 1.54) is 19.1 Å². The van der Waals surface area contributed by atoms with Gasteiger partial charge in [-0.15, -0.1) is 0 Å². The lowest BCUT2D eigenvalue weighted by atomic mass is 9.99. The van der Waals surface area contributed by atoms with E-state index < -0.39 is 5.63 Å². The topological polar surface area (TPSA) is 82.8 Å². The highest BCUT2D eigenvalue weighted by atomic mass is 19.1. The standard InChI is InChI=1S/C23H23FN2O4/c1-13-9-21(28)18(22-16(13)10-17(14(2)27)23(29)30-22)12-26-8-7-25-11-20(26)15-5-3-4-6-19(15)24/h3-6,9-10,20,25,28H,7-8,11-12H2,1-2H3. The minimum atomic E-state index is -0.729. The molecule has 30 heavy (non-hydrogen) atoms. The van der Waals surface area contributed by atoms with Gasteiger partial charge in [0, 0.05) is 37.1 Å². The number of nitrogens with one attached hydrogen (secondary N) is 1. The lowest BCUT2D eigenvalue weighted by Crippen LogP contribution is -2.45. The summed E-state index contributed by atoms with van der Waals surface area (Å²) in [7, 11) is 0. The van der Waals surface area contributed by atoms with Gasteiger partial charge in [0.1, 0.15) is 22.7 Å². The third-order valence-electron chi connectivity index (χ3n) is 5.67. The average Bonchev–Trinajstić information content (AvgIpc) is 2.71. The highest BCUT2D eigenvalue weighted by molar-refractivity contribution is 5.97. The minimum Gasteiger partial charge on any atom is -0.507 e. The van der Waals surface area contributed by atoms with Crippen LogP contribution in [0.3, 0.4) is 0 Å². The number of halogens is 1. The van der Waals surface area contributed by atoms with Crippen molar-refractivity contribution in [2.75, 3.05) is 19.6 Å². The summed E-state index contributed by atoms with van der Waals surface area (Å²) >= 11 is 0. The van der Waals surface area contributed by atoms with Gasteiger partial charge in [0.2, 0.25) is 0 Å². The van der Waals surface area contributed by atoms with Crippen LogP contribution < -0.4 is 10.9 Å². The fourth-order valence-electron chi connectivity index (χ4n) is 4.06. The van der Waals surface area contributed by atoms with Crippen LogP contribution in [-0.4, -0.2) is 35.4 Å². The van der Waals surface area contributed by atoms with E-state index in [2.05, 4.69) is 10.2 Å². The normalized spacial score (nSPS) is 17.4. The summed E-state index contributed by atoms with van der Waals surface area (Å²) in [5.41, 5.74) is 1.23. The molecule has 7 heteroatoms. The molecule has 1 fully saturated rings. The van der Waals surface area contributed by atoms with Crippen LogP contribution in [0.5, 0.6) is 5.75 Å². The fraction of sp³-hybridized carbons (Fsp3) is 0.304. The molecule has 1 unspecified atom stereocenters. The molecule has 1 aliphatic rings. The van der Waals surface area contributed by atoms with E-state index in [9.17, 15) is 19.1 Å². The number of nitrogens with zero attached hydrogens (tertiary/aromatic N) is 1. The van der Waals surface area contributed by atoms with Crippen LogP contribution in [0.15, 0.2) is 45.6 Å². The van der Waals surface area contributed by atoms with Gasteiger partial charge in [0.25, 0.3) is 0 Å². The van der Waals surface area contributed by atoms with Gasteiger partial charge in [-0.2, -0.15) is 0 Å². The maximum absolute atomic E-state index is 14.4. The van der Waals surface area contributed by atoms with Crippen molar-refractivity contribution < 1.29 is 18.7 Å². The van der Waals surface area contributed by atoms with Crippen LogP contribution >= 0.6 is 0 Å². The van der Waals surface area contributed by atoms with E-state index in [0.29, 0.717) is 41.7 Å². The number of hydrogen-bond donors (Lipinski definition) is 2. The lowest BCUT2D eigenvalue weighted by molar-refractivity contribution is 0.101. The Morgan fingerprint density at radius 2 is 2.10 bits per heavy atom. The van der Waals surface area contributed by atoms with E-state index in [1.54, 1.807) is 31.2 Å². The van der Waals surface area contributed by atoms with Crippen LogP contribution in [0.25, 0.3) is 11.0 Å². The number of aromatic hydroxyl groups is 1. The number of phenolic OH excluding ortho intramolecular Hbond substituents is 1. The van der Waals surface area contributed by atoms with Crippen LogP contribution in [0, 0.1) is 12.7 Å². The number of hydrogen-bond acceptors (Lipinski definition) is 6. The molecule has 156 valence electrons. The molecule has 1 aromatic heterocycles. The van der Waals surface area contributed by atoms with Gasteiger partial charge >= 0.3 is 5.63 Å². The molecule has 4 rings (SSSR count). The highest BCUT2D eigenvalue weighted by Crippen LogP contribution is 2.34. The van der Waals surface area contributed by atoms with Crippen molar-refractivity contribution in [3.8, 4) is 5.75 Å². The first-order valence-corrected chi connectivity index (χ1v) is 9.86. The zero-order valence-electron chi connectivity index (χ0n) is 16.9. The quantitative estimate of drug-likeness (QED) is 0.507. The Morgan fingerprint density at radius 1 is 1.33 bits per heavy atom. The smallest absolute Gasteiger partial charge is 0.347 e. The largest absolute Gasteiger partial charge is 0.507 e. The number of benzene rings is 2. The SMILES string of the molecule is CC(=O)c1cc2c(C)cc(O)c(CN3CCNCC3c3ccccc3F)c2oc1=O. The summed E-state index contributed by atoms with van der Waals surface area (Å²) in [6, 6.07) is 9.52. The Bertz CT molecular complexity index is 1190. The number of aryl methyl sites for hydroxylation is 1. The Hall–Kier alpha value is -3.03. The van der Waals surface area contributed by atoms with Crippen molar-refractivity contribution in [3.05, 3.63) is 74.9 Å². The third kappa shape index (κ3) is 3.62. The first-order chi connectivity index (χ1) is 14.4. The van der Waals surface area contributed by atoms with E-state index in [1.807, 2.05) is 0 Å². The summed E-state index contributed by atoms with van der Waals surface area (Å²) in [6.45, 7) is 5.27. The fourth-order valence-corrected chi connectivity index (χ4v) is 4.06. The van der Waals surface area contributed by atoms with E-state index in [4.69, 9.17) is 4.42 Å². The number of rotatable bonds is 4. The summed E-state index contributed by atoms with van der Waals surface area (Å²) < 4.78 is 19.9. The molecule has 0 aliphatic carbocycles. The summed E-state index contributed by atoms with van der Waals surface area (Å²) in [6.07, 6.45) is 0. The van der Waals surface area contributed by atoms with Crippen molar-refractivity contribution in [3.63, 3.8) is 0 Å². The number of ketones is 1. The van der Waals surface area contributed by atoms with Crippen molar-refractivity contribution >= 4 is 16.8 Å². The Kier molecular flexibility index (Phi) is 5.40. The molecule has 2 aromatic carbocycles. The predicted molar refractivity (Wildman–Crippen MR) is 111 cm³/mol. The molecule has 0 spiro atoms. The number of carbonyl (C=O) groups excluding carboxylic acids is 1. The van der Waals surface area contributed by atoms with Crippen LogP contribution in [0.1, 0.15) is 40.0 Å². The number of piperazine rings is 1. The zero-order valence-corrected chi connectivity index (χ0v) is 16.9. The first kappa shape index (κ1) is 20.3. The van der Waals surface area contributed by atoms with Gasteiger partial charge in [-0.1, -0.05) is 18.2 Å². The van der Waals surface area contributed by atoms with Gasteiger partial charge in [-0.05, 0) is 37.6 Å². The van der Waals surface area contributed by atoms with Gasteiger partial charge in [0.05, 0.1) is 11.6 Å². The average molecular weight is 410 g/mol. The highest BCUT2D eigenvalue weighted by Gasteiger charge is 2.28. The molecule has 1 aliphatic heterocycles. The lowest BCUT2D eigenvalue weighted by Gasteiger charge is -2.36. The van der Waals surface area contributed by atoms with Crippen molar-refractivity contribution in [1.29, 1.82) is 0 Å². The van der Waals surface area contributed by atoms with E-state index >= 15 is 0 Å². The molecule has 0 saturated carbocycles. The van der Waals surface area contributed by atoms with Crippen LogP contribution in [-0.2, 0) is 6.54 Å². The third-order valence-corrected chi connectivity index (χ3v) is 5.67. The Morgan fingerprint density at radius 3 is 2.83 bits per heavy atom. The maximum Gasteiger partial charge on any atom is 0.347 e. The predicted octanol–water partition coefficient (Wildman–Crippen LogP) is 3.30. The van der Waals surface area contributed by atoms with Gasteiger partial charge < -0.3 is 14.8 Å². The molecule has 2 N–H and O–H groups in total. The molecule has 0 bridgehead atoms. The molecule has 3 aromatic rings. The van der Waals surface area contributed by atoms with Gasteiger partial charge in [-0.25, -0.2) is 9.18 Å². The maximum atomic E-state index is 14.4. The van der Waals surface area contributed by atoms with E-state index in [-0.39, 0.29) is 41.1 Å². The second kappa shape index (κ2) is 8.01. The molecule has 2 heterocycles. The Balaban J connectivity index is 1.81. The second-order valence-corrected chi connectivity index (χ2v) is 7.65. The van der Waals surface area contributed by atoms with E-state index in [0.717, 1.165) is 0 Å². The van der Waals surface area contributed by atoms with Crippen LogP contribution in [0.4, 0.5) is 4.39 Å². The first-order valence-electron chi connectivity index (χ1n) is 9.86. The summed E-state index contributed by atoms with van der Waals surface area (Å²) in [4.78, 5) is 26.1. The molecule has 1 atom stereocenters. The van der Waals surface area contributed by atoms with Crippen LogP contribution in [0.2, 0.25) is 0 Å². The molecular formula is C23H23FN2O4. The molecule has 1 saturated heterocycles. The van der Waals surface area contributed by atoms with Crippen molar-refractivity contribution in [2.45, 2.75) is 26.4 Å². The Labute approximate surface area is 172 Å². The zero-order chi connectivity index (χ0) is 21.4. The number of carbonyl (C=O) groups is 1. The second-order valence-electron chi connectivity index (χ2n) is 7.65. The van der Waals surface area contributed by atoms with Crippen molar-refractivity contribution in [1.82, 2.24) is 10.2 Å². The molecule has 0 radical (unpaired) electrons. The summed E-state index contributed by atoms with van der Waals surface area (Å²) in [5, 5.41) is 14.5. The molecule has 6 nitrogen and oxygen atoms in total. The minimum absolute atomic E-state index is 0.00420. The molecular weight excluding hydrogens is 387 g/mol. The molecule has 0 amide bonds.